The van der Waals surface area contributed by atoms with Crippen LogP contribution in [0.25, 0.3) is 0 Å². The first-order valence-corrected chi connectivity index (χ1v) is 10.4. The summed E-state index contributed by atoms with van der Waals surface area (Å²) in [6.07, 6.45) is 3.34. The first kappa shape index (κ1) is 18.0. The standard InChI is InChI=1S/C23H24OSe/c1-22(2)12-13-23(3,4)21-15-19(9-10-20(21)22)25-14-11-17-5-7-18(16-24)8-6-17/h5-10,15-16H,12-13H2,1-4H3. The maximum absolute atomic E-state index is 10.7. The van der Waals surface area contributed by atoms with Gasteiger partial charge in [0.05, 0.1) is 0 Å². The second kappa shape index (κ2) is 6.83. The molecule has 2 heteroatoms. The molecule has 0 saturated heterocycles. The van der Waals surface area contributed by atoms with Gasteiger partial charge in [-0.1, -0.05) is 0 Å². The number of carbonyl (C=O) groups is 1. The molecule has 0 aromatic heterocycles. The van der Waals surface area contributed by atoms with E-state index in [9.17, 15) is 4.79 Å². The molecule has 0 N–H and O–H groups in total. The molecule has 1 aliphatic rings. The van der Waals surface area contributed by atoms with E-state index in [0.29, 0.717) is 5.56 Å². The van der Waals surface area contributed by atoms with Gasteiger partial charge in [0.25, 0.3) is 0 Å². The maximum atomic E-state index is 10.7. The molecular weight excluding hydrogens is 371 g/mol. The fourth-order valence-electron chi connectivity index (χ4n) is 3.42. The van der Waals surface area contributed by atoms with Gasteiger partial charge < -0.3 is 0 Å². The van der Waals surface area contributed by atoms with Crippen molar-refractivity contribution in [3.63, 3.8) is 0 Å². The van der Waals surface area contributed by atoms with Crippen LogP contribution in [0.2, 0.25) is 0 Å². The molecule has 0 aliphatic heterocycles. The van der Waals surface area contributed by atoms with Crippen molar-refractivity contribution in [2.24, 2.45) is 0 Å². The van der Waals surface area contributed by atoms with Crippen LogP contribution < -0.4 is 4.46 Å². The summed E-state index contributed by atoms with van der Waals surface area (Å²) in [6, 6.07) is 14.4. The molecular formula is C23H24OSe. The van der Waals surface area contributed by atoms with Crippen LogP contribution in [0.5, 0.6) is 0 Å². The Balaban J connectivity index is 1.83. The van der Waals surface area contributed by atoms with Crippen LogP contribution in [-0.4, -0.2) is 21.2 Å². The Kier molecular flexibility index (Phi) is 4.92. The molecule has 0 fully saturated rings. The van der Waals surface area contributed by atoms with Crippen LogP contribution in [0.1, 0.15) is 67.6 Å². The number of fused-ring (bicyclic) bond motifs is 1. The summed E-state index contributed by atoms with van der Waals surface area (Å²) in [5, 5.41) is 0. The zero-order valence-corrected chi connectivity index (χ0v) is 17.1. The summed E-state index contributed by atoms with van der Waals surface area (Å²) in [4.78, 5) is 14.0. The topological polar surface area (TPSA) is 17.1 Å². The van der Waals surface area contributed by atoms with Crippen LogP contribution in [0, 0.1) is 10.7 Å². The van der Waals surface area contributed by atoms with E-state index < -0.39 is 0 Å². The fourth-order valence-corrected chi connectivity index (χ4v) is 4.68. The number of aldehydes is 1. The summed E-state index contributed by atoms with van der Waals surface area (Å²) in [5.41, 5.74) is 5.17. The molecule has 0 bridgehead atoms. The molecule has 0 heterocycles. The Hall–Kier alpha value is -1.81. The van der Waals surface area contributed by atoms with Crippen LogP contribution in [-0.2, 0) is 10.8 Å². The van der Waals surface area contributed by atoms with Crippen LogP contribution in [0.15, 0.2) is 42.5 Å². The van der Waals surface area contributed by atoms with E-state index in [2.05, 4.69) is 56.6 Å². The summed E-state index contributed by atoms with van der Waals surface area (Å²) in [6.45, 7) is 9.43. The van der Waals surface area contributed by atoms with Crippen LogP contribution in [0.3, 0.4) is 0 Å². The molecule has 0 saturated carbocycles. The molecule has 0 amide bonds. The third-order valence-electron chi connectivity index (χ3n) is 5.24. The first-order chi connectivity index (χ1) is 11.8. The van der Waals surface area contributed by atoms with E-state index in [-0.39, 0.29) is 25.8 Å². The molecule has 3 rings (SSSR count). The molecule has 2 aromatic rings. The summed E-state index contributed by atoms with van der Waals surface area (Å²) in [7, 11) is 0. The normalized spacial score (nSPS) is 17.1. The van der Waals surface area contributed by atoms with Crippen LogP contribution in [0.4, 0.5) is 0 Å². The van der Waals surface area contributed by atoms with E-state index in [1.807, 2.05) is 24.3 Å². The van der Waals surface area contributed by atoms with Gasteiger partial charge in [0.2, 0.25) is 0 Å². The summed E-state index contributed by atoms with van der Waals surface area (Å²) in [5.74, 6) is 3.22. The third kappa shape index (κ3) is 3.89. The Morgan fingerprint density at radius 3 is 2.20 bits per heavy atom. The average molecular weight is 395 g/mol. The Bertz CT molecular complexity index is 848. The van der Waals surface area contributed by atoms with Crippen molar-refractivity contribution in [1.82, 2.24) is 0 Å². The van der Waals surface area contributed by atoms with Gasteiger partial charge in [0.15, 0.2) is 0 Å². The van der Waals surface area contributed by atoms with Gasteiger partial charge in [-0.3, -0.25) is 0 Å². The van der Waals surface area contributed by atoms with Crippen molar-refractivity contribution in [3.8, 4) is 10.7 Å². The van der Waals surface area contributed by atoms with Gasteiger partial charge in [-0.25, -0.2) is 0 Å². The van der Waals surface area contributed by atoms with Gasteiger partial charge in [0, 0.05) is 0 Å². The summed E-state index contributed by atoms with van der Waals surface area (Å²) >= 11 is 0.135. The molecule has 0 atom stereocenters. The van der Waals surface area contributed by atoms with Gasteiger partial charge in [0.1, 0.15) is 0 Å². The average Bonchev–Trinajstić information content (AvgIpc) is 2.60. The molecule has 0 spiro atoms. The molecule has 2 aromatic carbocycles. The number of hydrogen-bond donors (Lipinski definition) is 0. The monoisotopic (exact) mass is 396 g/mol. The molecule has 0 unspecified atom stereocenters. The van der Waals surface area contributed by atoms with Crippen molar-refractivity contribution in [2.45, 2.75) is 51.4 Å². The first-order valence-electron chi connectivity index (χ1n) is 8.70. The van der Waals surface area contributed by atoms with Crippen molar-refractivity contribution in [2.75, 3.05) is 0 Å². The number of hydrogen-bond acceptors (Lipinski definition) is 1. The molecule has 0 radical (unpaired) electrons. The fraction of sp³-hybridized carbons (Fsp3) is 0.348. The summed E-state index contributed by atoms with van der Waals surface area (Å²) < 4.78 is 1.34. The second-order valence-corrected chi connectivity index (χ2v) is 9.89. The van der Waals surface area contributed by atoms with E-state index in [0.717, 1.165) is 11.8 Å². The minimum atomic E-state index is 0.135. The van der Waals surface area contributed by atoms with Crippen molar-refractivity contribution in [3.05, 3.63) is 64.7 Å². The second-order valence-electron chi connectivity index (χ2n) is 8.04. The van der Waals surface area contributed by atoms with E-state index in [1.54, 1.807) is 0 Å². The number of rotatable bonds is 2. The van der Waals surface area contributed by atoms with Gasteiger partial charge in [-0.15, -0.1) is 0 Å². The van der Waals surface area contributed by atoms with Gasteiger partial charge in [-0.05, 0) is 0 Å². The van der Waals surface area contributed by atoms with Gasteiger partial charge >= 0.3 is 157 Å². The van der Waals surface area contributed by atoms with Crippen molar-refractivity contribution >= 4 is 25.7 Å². The number of carbonyl (C=O) groups excluding carboxylic acids is 1. The van der Waals surface area contributed by atoms with E-state index in [4.69, 9.17) is 0 Å². The predicted molar refractivity (Wildman–Crippen MR) is 106 cm³/mol. The Morgan fingerprint density at radius 2 is 1.56 bits per heavy atom. The third-order valence-corrected chi connectivity index (χ3v) is 6.69. The van der Waals surface area contributed by atoms with Crippen molar-refractivity contribution < 1.29 is 4.79 Å². The molecule has 128 valence electrons. The predicted octanol–water partition coefficient (Wildman–Crippen LogP) is 4.19. The zero-order chi connectivity index (χ0) is 18.1. The Labute approximate surface area is 157 Å². The Morgan fingerprint density at radius 1 is 0.920 bits per heavy atom. The van der Waals surface area contributed by atoms with E-state index >= 15 is 0 Å². The van der Waals surface area contributed by atoms with Crippen LogP contribution >= 0.6 is 0 Å². The molecule has 1 nitrogen and oxygen atoms in total. The SMILES string of the molecule is CC1(C)CCC(C)(C)c2cc([Se]C#Cc3ccc(C=O)cc3)ccc21. The quantitative estimate of drug-likeness (QED) is 0.424. The van der Waals surface area contributed by atoms with E-state index in [1.165, 1.54) is 28.4 Å². The zero-order valence-electron chi connectivity index (χ0n) is 15.3. The van der Waals surface area contributed by atoms with Gasteiger partial charge in [-0.2, -0.15) is 0 Å². The molecule has 25 heavy (non-hydrogen) atoms. The minimum absolute atomic E-state index is 0.135. The molecule has 1 aliphatic carbocycles. The number of benzene rings is 2. The van der Waals surface area contributed by atoms with Crippen molar-refractivity contribution in [1.29, 1.82) is 0 Å².